The molecule has 1 aromatic heterocycles. The zero-order chi connectivity index (χ0) is 13.8. The zero-order valence-corrected chi connectivity index (χ0v) is 10.5. The predicted octanol–water partition coefficient (Wildman–Crippen LogP) is 3.18. The smallest absolute Gasteiger partial charge is 0.345 e. The van der Waals surface area contributed by atoms with Crippen molar-refractivity contribution in [2.45, 2.75) is 0 Å². The third kappa shape index (κ3) is 3.01. The summed E-state index contributed by atoms with van der Waals surface area (Å²) in [6, 6.07) is 4.33. The van der Waals surface area contributed by atoms with E-state index in [2.05, 4.69) is 15.2 Å². The van der Waals surface area contributed by atoms with Gasteiger partial charge >= 0.3 is 5.00 Å². The van der Waals surface area contributed by atoms with Crippen LogP contribution in [0.4, 0.5) is 15.8 Å². The summed E-state index contributed by atoms with van der Waals surface area (Å²) in [6.45, 7) is 0. The lowest BCUT2D eigenvalue weighted by Crippen LogP contribution is -1.82. The first-order chi connectivity index (χ1) is 9.10. The molecular weight excluding hydrogens is 272 g/mol. The summed E-state index contributed by atoms with van der Waals surface area (Å²) in [5.41, 5.74) is 0.387. The summed E-state index contributed by atoms with van der Waals surface area (Å²) < 4.78 is 5.02. The number of methoxy groups -OCH3 is 1. The molecule has 2 rings (SSSR count). The quantitative estimate of drug-likeness (QED) is 0.525. The number of aromatic nitrogens is 1. The minimum Gasteiger partial charge on any atom is -0.508 e. The summed E-state index contributed by atoms with van der Waals surface area (Å²) in [5.74, 6) is 0.385. The number of phenolic OH excluding ortho intramolecular Hbond substituents is 1. The highest BCUT2D eigenvalue weighted by atomic mass is 32.1. The highest BCUT2D eigenvalue weighted by Crippen LogP contribution is 2.33. The predicted molar refractivity (Wildman–Crippen MR) is 67.6 cm³/mol. The summed E-state index contributed by atoms with van der Waals surface area (Å²) in [6.07, 6.45) is 1.12. The molecular formula is C10H8N4O4S. The maximum Gasteiger partial charge on any atom is 0.345 e. The van der Waals surface area contributed by atoms with E-state index < -0.39 is 4.92 Å². The average Bonchev–Trinajstić information content (AvgIpc) is 2.86. The molecule has 0 aliphatic rings. The molecule has 0 radical (unpaired) electrons. The minimum absolute atomic E-state index is 0.0423. The minimum atomic E-state index is -0.544. The largest absolute Gasteiger partial charge is 0.508 e. The fourth-order valence-electron chi connectivity index (χ4n) is 1.23. The molecule has 0 bridgehead atoms. The molecule has 0 aliphatic heterocycles. The second-order valence-corrected chi connectivity index (χ2v) is 4.28. The third-order valence-electron chi connectivity index (χ3n) is 2.07. The van der Waals surface area contributed by atoms with Gasteiger partial charge in [0.25, 0.3) is 0 Å². The number of hydrogen-bond acceptors (Lipinski definition) is 8. The molecule has 0 fully saturated rings. The van der Waals surface area contributed by atoms with E-state index in [0.29, 0.717) is 11.4 Å². The van der Waals surface area contributed by atoms with Crippen LogP contribution in [-0.2, 0) is 0 Å². The van der Waals surface area contributed by atoms with Crippen molar-refractivity contribution in [1.29, 1.82) is 0 Å². The fraction of sp³-hybridized carbons (Fsp3) is 0.100. The van der Waals surface area contributed by atoms with Crippen molar-refractivity contribution in [1.82, 2.24) is 4.98 Å². The van der Waals surface area contributed by atoms with E-state index in [1.807, 2.05) is 0 Å². The van der Waals surface area contributed by atoms with Gasteiger partial charge in [-0.15, -0.1) is 10.2 Å². The van der Waals surface area contributed by atoms with Gasteiger partial charge in [0.2, 0.25) is 5.13 Å². The van der Waals surface area contributed by atoms with Gasteiger partial charge in [0.15, 0.2) is 0 Å². The lowest BCUT2D eigenvalue weighted by atomic mass is 10.3. The van der Waals surface area contributed by atoms with Crippen LogP contribution in [0.3, 0.4) is 0 Å². The normalized spacial score (nSPS) is 10.8. The molecule has 0 unspecified atom stereocenters. The maximum atomic E-state index is 10.5. The Morgan fingerprint density at radius 2 is 2.26 bits per heavy atom. The number of hydrogen-bond donors (Lipinski definition) is 1. The van der Waals surface area contributed by atoms with Gasteiger partial charge in [-0.25, -0.2) is 4.98 Å². The van der Waals surface area contributed by atoms with E-state index in [9.17, 15) is 15.2 Å². The van der Waals surface area contributed by atoms with E-state index in [4.69, 9.17) is 4.74 Å². The Morgan fingerprint density at radius 1 is 1.47 bits per heavy atom. The number of nitrogens with zero attached hydrogens (tertiary/aromatic N) is 4. The van der Waals surface area contributed by atoms with Gasteiger partial charge in [-0.05, 0) is 23.5 Å². The molecule has 0 amide bonds. The number of benzene rings is 1. The Morgan fingerprint density at radius 3 is 2.89 bits per heavy atom. The maximum absolute atomic E-state index is 10.5. The van der Waals surface area contributed by atoms with Crippen molar-refractivity contribution in [3.05, 3.63) is 34.5 Å². The number of phenols is 1. The van der Waals surface area contributed by atoms with Gasteiger partial charge < -0.3 is 9.84 Å². The lowest BCUT2D eigenvalue weighted by molar-refractivity contribution is -0.380. The second kappa shape index (κ2) is 5.40. The molecule has 1 N–H and O–H groups in total. The summed E-state index contributed by atoms with van der Waals surface area (Å²) >= 11 is 0.816. The monoisotopic (exact) mass is 280 g/mol. The first kappa shape index (κ1) is 12.9. The highest BCUT2D eigenvalue weighted by molar-refractivity contribution is 7.18. The van der Waals surface area contributed by atoms with Crippen LogP contribution in [0.1, 0.15) is 0 Å². The van der Waals surface area contributed by atoms with Crippen LogP contribution < -0.4 is 4.74 Å². The molecule has 1 heterocycles. The van der Waals surface area contributed by atoms with Crippen LogP contribution in [0.25, 0.3) is 0 Å². The molecule has 0 aliphatic carbocycles. The molecule has 9 heteroatoms. The van der Waals surface area contributed by atoms with E-state index >= 15 is 0 Å². The summed E-state index contributed by atoms with van der Waals surface area (Å²) in [7, 11) is 1.43. The number of azo groups is 1. The van der Waals surface area contributed by atoms with Crippen molar-refractivity contribution < 1.29 is 14.8 Å². The molecule has 19 heavy (non-hydrogen) atoms. The number of nitro groups is 1. The van der Waals surface area contributed by atoms with Gasteiger partial charge in [-0.2, -0.15) is 0 Å². The third-order valence-corrected chi connectivity index (χ3v) is 2.90. The van der Waals surface area contributed by atoms with Gasteiger partial charge in [0.1, 0.15) is 23.4 Å². The number of thiazole rings is 1. The van der Waals surface area contributed by atoms with E-state index in [1.54, 1.807) is 0 Å². The van der Waals surface area contributed by atoms with Crippen LogP contribution in [-0.4, -0.2) is 22.1 Å². The number of rotatable bonds is 4. The topological polar surface area (TPSA) is 110 Å². The highest BCUT2D eigenvalue weighted by Gasteiger charge is 2.11. The van der Waals surface area contributed by atoms with Crippen molar-refractivity contribution in [3.63, 3.8) is 0 Å². The number of ether oxygens (including phenoxy) is 1. The molecule has 0 atom stereocenters. The zero-order valence-electron chi connectivity index (χ0n) is 9.68. The van der Waals surface area contributed by atoms with E-state index in [0.717, 1.165) is 17.5 Å². The first-order valence-electron chi connectivity index (χ1n) is 4.99. The Labute approximate surface area is 111 Å². The molecule has 0 saturated carbocycles. The standard InChI is InChI=1S/C10H8N4O4S/c1-18-8-4-6(15)2-3-7(8)12-13-10-11-5-9(19-10)14(16)17/h2-5,15H,1H3. The van der Waals surface area contributed by atoms with Crippen molar-refractivity contribution in [3.8, 4) is 11.5 Å². The van der Waals surface area contributed by atoms with Crippen molar-refractivity contribution >= 4 is 27.2 Å². The van der Waals surface area contributed by atoms with Gasteiger partial charge in [0.05, 0.1) is 12.0 Å². The first-order valence-corrected chi connectivity index (χ1v) is 5.81. The summed E-state index contributed by atoms with van der Waals surface area (Å²) in [4.78, 5) is 13.7. The summed E-state index contributed by atoms with van der Waals surface area (Å²) in [5, 5.41) is 27.5. The molecule has 0 saturated heterocycles. The molecule has 2 aromatic rings. The fourth-order valence-corrected chi connectivity index (χ4v) is 1.79. The van der Waals surface area contributed by atoms with Crippen molar-refractivity contribution in [2.24, 2.45) is 10.2 Å². The van der Waals surface area contributed by atoms with Gasteiger partial charge in [-0.1, -0.05) is 0 Å². The SMILES string of the molecule is COc1cc(O)ccc1N=Nc1ncc([N+](=O)[O-])s1. The van der Waals surface area contributed by atoms with E-state index in [1.165, 1.54) is 25.3 Å². The van der Waals surface area contributed by atoms with E-state index in [-0.39, 0.29) is 15.9 Å². The molecule has 1 aromatic carbocycles. The number of aromatic hydroxyl groups is 1. The Kier molecular flexibility index (Phi) is 3.66. The van der Waals surface area contributed by atoms with Crippen molar-refractivity contribution in [2.75, 3.05) is 7.11 Å². The Hall–Kier alpha value is -2.55. The second-order valence-electron chi connectivity index (χ2n) is 3.29. The Bertz CT molecular complexity index is 640. The van der Waals surface area contributed by atoms with Crippen LogP contribution >= 0.6 is 11.3 Å². The Balaban J connectivity index is 2.24. The van der Waals surface area contributed by atoms with Gasteiger partial charge in [-0.3, -0.25) is 10.1 Å². The van der Waals surface area contributed by atoms with Crippen LogP contribution in [0.2, 0.25) is 0 Å². The van der Waals surface area contributed by atoms with Gasteiger partial charge in [0, 0.05) is 6.07 Å². The van der Waals surface area contributed by atoms with Crippen LogP contribution in [0, 0.1) is 10.1 Å². The van der Waals surface area contributed by atoms with Crippen LogP contribution in [0.15, 0.2) is 34.6 Å². The average molecular weight is 280 g/mol. The lowest BCUT2D eigenvalue weighted by Gasteiger charge is -2.02. The molecule has 0 spiro atoms. The molecule has 98 valence electrons. The van der Waals surface area contributed by atoms with Crippen LogP contribution in [0.5, 0.6) is 11.5 Å². The molecule has 8 nitrogen and oxygen atoms in total.